The number of halogens is 1. The molecule has 0 bridgehead atoms. The molecular formula is C11H20FN. The van der Waals surface area contributed by atoms with Crippen LogP contribution in [0.3, 0.4) is 0 Å². The molecule has 0 aromatic carbocycles. The maximum absolute atomic E-state index is 12.5. The SMILES string of the molecule is CC.CC.Cc1cnc(C)c(F)c1. The van der Waals surface area contributed by atoms with E-state index in [9.17, 15) is 4.39 Å². The fourth-order valence-corrected chi connectivity index (χ4v) is 0.602. The van der Waals surface area contributed by atoms with E-state index in [0.29, 0.717) is 5.69 Å². The molecule has 0 saturated carbocycles. The zero-order chi connectivity index (χ0) is 10.9. The van der Waals surface area contributed by atoms with Crippen LogP contribution < -0.4 is 0 Å². The molecule has 0 unspecified atom stereocenters. The normalized spacial score (nSPS) is 7.62. The Labute approximate surface area is 81.0 Å². The van der Waals surface area contributed by atoms with Crippen molar-refractivity contribution in [3.8, 4) is 0 Å². The highest BCUT2D eigenvalue weighted by Gasteiger charge is 1.94. The van der Waals surface area contributed by atoms with Gasteiger partial charge in [0.1, 0.15) is 5.82 Å². The first-order chi connectivity index (χ1) is 6.20. The van der Waals surface area contributed by atoms with Gasteiger partial charge in [-0.05, 0) is 25.5 Å². The molecule has 1 rings (SSSR count). The van der Waals surface area contributed by atoms with Crippen LogP contribution >= 0.6 is 0 Å². The van der Waals surface area contributed by atoms with Crippen LogP contribution in [0.25, 0.3) is 0 Å². The molecule has 1 aromatic rings. The van der Waals surface area contributed by atoms with Crippen molar-refractivity contribution in [2.75, 3.05) is 0 Å². The highest BCUT2D eigenvalue weighted by atomic mass is 19.1. The number of hydrogen-bond acceptors (Lipinski definition) is 1. The monoisotopic (exact) mass is 185 g/mol. The summed E-state index contributed by atoms with van der Waals surface area (Å²) in [7, 11) is 0. The molecule has 2 heteroatoms. The van der Waals surface area contributed by atoms with Crippen LogP contribution in [0.15, 0.2) is 12.3 Å². The second-order valence-electron chi connectivity index (χ2n) is 2.08. The Morgan fingerprint density at radius 3 is 1.85 bits per heavy atom. The van der Waals surface area contributed by atoms with Crippen LogP contribution in [-0.2, 0) is 0 Å². The Bertz CT molecular complexity index is 221. The molecule has 1 aromatic heterocycles. The predicted octanol–water partition coefficient (Wildman–Crippen LogP) is 3.89. The number of nitrogens with zero attached hydrogens (tertiary/aromatic N) is 1. The lowest BCUT2D eigenvalue weighted by atomic mass is 10.3. The van der Waals surface area contributed by atoms with Crippen molar-refractivity contribution in [1.82, 2.24) is 4.98 Å². The molecule has 0 aliphatic heterocycles. The van der Waals surface area contributed by atoms with Gasteiger partial charge in [0, 0.05) is 6.20 Å². The standard InChI is InChI=1S/C7H8FN.2C2H6/c1-5-3-7(8)6(2)9-4-5;2*1-2/h3-4H,1-2H3;2*1-2H3. The summed E-state index contributed by atoms with van der Waals surface area (Å²) >= 11 is 0. The van der Waals surface area contributed by atoms with E-state index in [1.54, 1.807) is 13.1 Å². The van der Waals surface area contributed by atoms with Gasteiger partial charge in [0.2, 0.25) is 0 Å². The van der Waals surface area contributed by atoms with Gasteiger partial charge in [-0.2, -0.15) is 0 Å². The second kappa shape index (κ2) is 9.17. The van der Waals surface area contributed by atoms with Crippen LogP contribution in [0.2, 0.25) is 0 Å². The zero-order valence-corrected chi connectivity index (χ0v) is 9.48. The van der Waals surface area contributed by atoms with E-state index in [1.807, 2.05) is 34.6 Å². The molecule has 0 fully saturated rings. The van der Waals surface area contributed by atoms with Crippen LogP contribution in [0.4, 0.5) is 4.39 Å². The Hall–Kier alpha value is -0.920. The van der Waals surface area contributed by atoms with E-state index in [4.69, 9.17) is 0 Å². The Kier molecular flexibility index (Phi) is 10.3. The molecule has 1 heterocycles. The first-order valence-electron chi connectivity index (χ1n) is 4.79. The Morgan fingerprint density at radius 2 is 1.54 bits per heavy atom. The average Bonchev–Trinajstić information content (AvgIpc) is 2.18. The Balaban J connectivity index is 0. The number of aryl methyl sites for hydroxylation is 2. The van der Waals surface area contributed by atoms with Crippen LogP contribution in [-0.4, -0.2) is 4.98 Å². The lowest BCUT2D eigenvalue weighted by Crippen LogP contribution is -1.87. The van der Waals surface area contributed by atoms with E-state index in [1.165, 1.54) is 6.07 Å². The largest absolute Gasteiger partial charge is 0.258 e. The van der Waals surface area contributed by atoms with Crippen LogP contribution in [0.1, 0.15) is 39.0 Å². The van der Waals surface area contributed by atoms with E-state index in [2.05, 4.69) is 4.98 Å². The maximum Gasteiger partial charge on any atom is 0.144 e. The molecule has 0 atom stereocenters. The summed E-state index contributed by atoms with van der Waals surface area (Å²) in [5.41, 5.74) is 1.32. The first kappa shape index (κ1) is 14.6. The molecule has 0 aliphatic carbocycles. The molecule has 1 nitrogen and oxygen atoms in total. The van der Waals surface area contributed by atoms with Gasteiger partial charge in [-0.3, -0.25) is 4.98 Å². The third-order valence-electron chi connectivity index (χ3n) is 1.16. The van der Waals surface area contributed by atoms with Crippen molar-refractivity contribution < 1.29 is 4.39 Å². The van der Waals surface area contributed by atoms with Crippen molar-refractivity contribution in [1.29, 1.82) is 0 Å². The first-order valence-corrected chi connectivity index (χ1v) is 4.79. The van der Waals surface area contributed by atoms with Crippen molar-refractivity contribution in [3.05, 3.63) is 29.3 Å². The number of hydrogen-bond donors (Lipinski definition) is 0. The molecule has 13 heavy (non-hydrogen) atoms. The number of rotatable bonds is 0. The van der Waals surface area contributed by atoms with Gasteiger partial charge in [-0.25, -0.2) is 4.39 Å². The molecule has 0 radical (unpaired) electrons. The smallest absolute Gasteiger partial charge is 0.144 e. The minimum absolute atomic E-state index is 0.227. The van der Waals surface area contributed by atoms with E-state index in [0.717, 1.165) is 5.56 Å². The topological polar surface area (TPSA) is 12.9 Å². The van der Waals surface area contributed by atoms with Crippen molar-refractivity contribution in [3.63, 3.8) is 0 Å². The van der Waals surface area contributed by atoms with Crippen molar-refractivity contribution >= 4 is 0 Å². The summed E-state index contributed by atoms with van der Waals surface area (Å²) in [6.45, 7) is 11.5. The predicted molar refractivity (Wildman–Crippen MR) is 56.4 cm³/mol. The van der Waals surface area contributed by atoms with E-state index >= 15 is 0 Å². The fraction of sp³-hybridized carbons (Fsp3) is 0.545. The lowest BCUT2D eigenvalue weighted by molar-refractivity contribution is 0.608. The summed E-state index contributed by atoms with van der Waals surface area (Å²) in [6, 6.07) is 1.47. The van der Waals surface area contributed by atoms with Gasteiger partial charge in [0.05, 0.1) is 5.69 Å². The second-order valence-corrected chi connectivity index (χ2v) is 2.08. The number of pyridine rings is 1. The van der Waals surface area contributed by atoms with Crippen LogP contribution in [0, 0.1) is 19.7 Å². The third-order valence-corrected chi connectivity index (χ3v) is 1.16. The van der Waals surface area contributed by atoms with Gasteiger partial charge in [0.25, 0.3) is 0 Å². The lowest BCUT2D eigenvalue weighted by Gasteiger charge is -1.93. The average molecular weight is 185 g/mol. The third kappa shape index (κ3) is 6.26. The summed E-state index contributed by atoms with van der Waals surface area (Å²) in [5, 5.41) is 0. The highest BCUT2D eigenvalue weighted by molar-refractivity contribution is 5.13. The highest BCUT2D eigenvalue weighted by Crippen LogP contribution is 2.03. The summed E-state index contributed by atoms with van der Waals surface area (Å²) in [4.78, 5) is 3.80. The van der Waals surface area contributed by atoms with Gasteiger partial charge >= 0.3 is 0 Å². The molecule has 76 valence electrons. The molecule has 0 spiro atoms. The summed E-state index contributed by atoms with van der Waals surface area (Å²) in [6.07, 6.45) is 1.65. The van der Waals surface area contributed by atoms with Gasteiger partial charge in [-0.15, -0.1) is 0 Å². The Morgan fingerprint density at radius 1 is 1.08 bits per heavy atom. The molecule has 0 aliphatic rings. The van der Waals surface area contributed by atoms with Gasteiger partial charge in [-0.1, -0.05) is 27.7 Å². The minimum atomic E-state index is -0.227. The molecular weight excluding hydrogens is 165 g/mol. The van der Waals surface area contributed by atoms with Gasteiger partial charge < -0.3 is 0 Å². The van der Waals surface area contributed by atoms with E-state index < -0.39 is 0 Å². The zero-order valence-electron chi connectivity index (χ0n) is 9.48. The maximum atomic E-state index is 12.5. The van der Waals surface area contributed by atoms with E-state index in [-0.39, 0.29) is 5.82 Å². The minimum Gasteiger partial charge on any atom is -0.258 e. The quantitative estimate of drug-likeness (QED) is 0.597. The summed E-state index contributed by atoms with van der Waals surface area (Å²) < 4.78 is 12.5. The fourth-order valence-electron chi connectivity index (χ4n) is 0.602. The number of aromatic nitrogens is 1. The van der Waals surface area contributed by atoms with Crippen molar-refractivity contribution in [2.45, 2.75) is 41.5 Å². The molecule has 0 saturated heterocycles. The van der Waals surface area contributed by atoms with Crippen LogP contribution in [0.5, 0.6) is 0 Å². The van der Waals surface area contributed by atoms with Gasteiger partial charge in [0.15, 0.2) is 0 Å². The van der Waals surface area contributed by atoms with Crippen molar-refractivity contribution in [2.24, 2.45) is 0 Å². The molecule has 0 N–H and O–H groups in total. The summed E-state index contributed by atoms with van der Waals surface area (Å²) in [5.74, 6) is -0.227. The molecule has 0 amide bonds.